The van der Waals surface area contributed by atoms with Gasteiger partial charge in [-0.25, -0.2) is 4.98 Å². The predicted octanol–water partition coefficient (Wildman–Crippen LogP) is 3.53. The van der Waals surface area contributed by atoms with E-state index >= 15 is 0 Å². The van der Waals surface area contributed by atoms with Crippen LogP contribution in [0.5, 0.6) is 0 Å². The van der Waals surface area contributed by atoms with Crippen LogP contribution >= 0.6 is 22.9 Å². The largest absolute Gasteiger partial charge is 0.294 e. The average molecular weight is 259 g/mol. The van der Waals surface area contributed by atoms with Gasteiger partial charge >= 0.3 is 0 Å². The topological polar surface area (TPSA) is 16.1 Å². The summed E-state index contributed by atoms with van der Waals surface area (Å²) in [4.78, 5) is 7.10. The zero-order chi connectivity index (χ0) is 11.7. The van der Waals surface area contributed by atoms with Crippen molar-refractivity contribution < 1.29 is 0 Å². The Kier molecular flexibility index (Phi) is 3.88. The summed E-state index contributed by atoms with van der Waals surface area (Å²) >= 11 is 7.52. The zero-order valence-corrected chi connectivity index (χ0v) is 11.7. The highest BCUT2D eigenvalue weighted by atomic mass is 35.5. The minimum atomic E-state index is 0.439. The maximum atomic E-state index is 5.78. The Labute approximate surface area is 107 Å². The third kappa shape index (κ3) is 2.41. The Bertz CT molecular complexity index is 343. The van der Waals surface area contributed by atoms with Gasteiger partial charge in [0.25, 0.3) is 0 Å². The lowest BCUT2D eigenvalue weighted by Crippen LogP contribution is -2.24. The van der Waals surface area contributed by atoms with Crippen LogP contribution in [0.1, 0.15) is 37.5 Å². The van der Waals surface area contributed by atoms with Crippen LogP contribution in [0.3, 0.4) is 0 Å². The maximum Gasteiger partial charge on any atom is 0.110 e. The first kappa shape index (κ1) is 12.3. The van der Waals surface area contributed by atoms with Gasteiger partial charge in [-0.2, -0.15) is 0 Å². The van der Waals surface area contributed by atoms with E-state index in [-0.39, 0.29) is 0 Å². The maximum absolute atomic E-state index is 5.78. The molecule has 1 aliphatic rings. The van der Waals surface area contributed by atoms with Crippen LogP contribution in [0.4, 0.5) is 0 Å². The highest BCUT2D eigenvalue weighted by molar-refractivity contribution is 7.09. The second-order valence-corrected chi connectivity index (χ2v) is 6.05. The molecule has 1 aromatic rings. The zero-order valence-electron chi connectivity index (χ0n) is 10.1. The molecule has 1 aromatic heterocycles. The monoisotopic (exact) mass is 258 g/mol. The molecule has 0 amide bonds. The fraction of sp³-hybridized carbons (Fsp3) is 0.750. The molecule has 16 heavy (non-hydrogen) atoms. The lowest BCUT2D eigenvalue weighted by molar-refractivity contribution is 0.250. The minimum Gasteiger partial charge on any atom is -0.294 e. The highest BCUT2D eigenvalue weighted by Crippen LogP contribution is 2.31. The van der Waals surface area contributed by atoms with Crippen molar-refractivity contribution in [2.24, 2.45) is 11.8 Å². The van der Waals surface area contributed by atoms with Gasteiger partial charge in [0.05, 0.1) is 17.6 Å². The van der Waals surface area contributed by atoms with Gasteiger partial charge in [-0.3, -0.25) is 4.90 Å². The van der Waals surface area contributed by atoms with Crippen LogP contribution in [0.2, 0.25) is 0 Å². The SMILES string of the molecule is CC1CN(C(C)c2nc(CCl)cs2)CC1C. The molecule has 1 saturated heterocycles. The fourth-order valence-electron chi connectivity index (χ4n) is 2.22. The van der Waals surface area contributed by atoms with Gasteiger partial charge in [0.2, 0.25) is 0 Å². The van der Waals surface area contributed by atoms with Gasteiger partial charge in [0, 0.05) is 18.5 Å². The van der Waals surface area contributed by atoms with E-state index in [2.05, 4.69) is 36.0 Å². The summed E-state index contributed by atoms with van der Waals surface area (Å²) in [6.07, 6.45) is 0. The molecule has 0 aromatic carbocycles. The van der Waals surface area contributed by atoms with Gasteiger partial charge < -0.3 is 0 Å². The molecule has 3 atom stereocenters. The Morgan fingerprint density at radius 1 is 1.50 bits per heavy atom. The van der Waals surface area contributed by atoms with E-state index < -0.39 is 0 Å². The fourth-order valence-corrected chi connectivity index (χ4v) is 3.36. The quantitative estimate of drug-likeness (QED) is 0.771. The minimum absolute atomic E-state index is 0.439. The van der Waals surface area contributed by atoms with E-state index in [0.717, 1.165) is 17.5 Å². The van der Waals surface area contributed by atoms with Crippen molar-refractivity contribution in [1.82, 2.24) is 9.88 Å². The molecule has 0 radical (unpaired) electrons. The summed E-state index contributed by atoms with van der Waals surface area (Å²) in [5, 5.41) is 3.28. The van der Waals surface area contributed by atoms with Crippen molar-refractivity contribution in [2.75, 3.05) is 13.1 Å². The standard InChI is InChI=1S/C12H19ClN2S/c1-8-5-15(6-9(8)2)10(3)12-14-11(4-13)7-16-12/h7-10H,4-6H2,1-3H3. The number of nitrogens with zero attached hydrogens (tertiary/aromatic N) is 2. The molecular formula is C12H19ClN2S. The first-order valence-electron chi connectivity index (χ1n) is 5.86. The van der Waals surface area contributed by atoms with Gasteiger partial charge in [-0.1, -0.05) is 13.8 Å². The molecule has 0 saturated carbocycles. The van der Waals surface area contributed by atoms with Crippen molar-refractivity contribution in [3.63, 3.8) is 0 Å². The number of aromatic nitrogens is 1. The number of hydrogen-bond donors (Lipinski definition) is 0. The van der Waals surface area contributed by atoms with Crippen LogP contribution in [0.15, 0.2) is 5.38 Å². The average Bonchev–Trinajstić information content (AvgIpc) is 2.86. The van der Waals surface area contributed by atoms with Crippen molar-refractivity contribution in [2.45, 2.75) is 32.7 Å². The van der Waals surface area contributed by atoms with Gasteiger partial charge in [-0.15, -0.1) is 22.9 Å². The van der Waals surface area contributed by atoms with E-state index in [1.54, 1.807) is 11.3 Å². The van der Waals surface area contributed by atoms with E-state index in [1.807, 2.05) is 0 Å². The molecule has 2 heterocycles. The summed E-state index contributed by atoms with van der Waals surface area (Å²) in [5.41, 5.74) is 1.01. The van der Waals surface area contributed by atoms with E-state index in [9.17, 15) is 0 Å². The van der Waals surface area contributed by atoms with E-state index in [4.69, 9.17) is 11.6 Å². The molecule has 1 fully saturated rings. The van der Waals surface area contributed by atoms with Crippen LogP contribution in [-0.2, 0) is 5.88 Å². The molecule has 1 aliphatic heterocycles. The number of likely N-dealkylation sites (tertiary alicyclic amines) is 1. The molecule has 0 bridgehead atoms. The summed E-state index contributed by atoms with van der Waals surface area (Å²) in [6.45, 7) is 9.31. The Morgan fingerprint density at radius 3 is 2.62 bits per heavy atom. The molecular weight excluding hydrogens is 240 g/mol. The lowest BCUT2D eigenvalue weighted by Gasteiger charge is -2.22. The summed E-state index contributed by atoms with van der Waals surface area (Å²) in [6, 6.07) is 0.439. The van der Waals surface area contributed by atoms with Gasteiger partial charge in [-0.05, 0) is 18.8 Å². The number of halogens is 1. The number of rotatable bonds is 3. The van der Waals surface area contributed by atoms with Crippen molar-refractivity contribution in [3.8, 4) is 0 Å². The highest BCUT2D eigenvalue weighted by Gasteiger charge is 2.30. The number of thiazole rings is 1. The van der Waals surface area contributed by atoms with Crippen LogP contribution in [0.25, 0.3) is 0 Å². The summed E-state index contributed by atoms with van der Waals surface area (Å²) in [7, 11) is 0. The molecule has 0 aliphatic carbocycles. The second kappa shape index (κ2) is 5.03. The van der Waals surface area contributed by atoms with E-state index in [1.165, 1.54) is 18.1 Å². The smallest absolute Gasteiger partial charge is 0.110 e. The first-order valence-corrected chi connectivity index (χ1v) is 7.27. The molecule has 90 valence electrons. The van der Waals surface area contributed by atoms with Gasteiger partial charge in [0.15, 0.2) is 0 Å². The molecule has 3 unspecified atom stereocenters. The molecule has 4 heteroatoms. The van der Waals surface area contributed by atoms with Crippen molar-refractivity contribution in [3.05, 3.63) is 16.1 Å². The van der Waals surface area contributed by atoms with Crippen LogP contribution in [-0.4, -0.2) is 23.0 Å². The third-order valence-electron chi connectivity index (χ3n) is 3.63. The Hall–Kier alpha value is -0.120. The molecule has 0 spiro atoms. The van der Waals surface area contributed by atoms with Crippen LogP contribution < -0.4 is 0 Å². The first-order chi connectivity index (χ1) is 7.61. The summed E-state index contributed by atoms with van der Waals surface area (Å²) < 4.78 is 0. The molecule has 2 rings (SSSR count). The predicted molar refractivity (Wildman–Crippen MR) is 70.0 cm³/mol. The Morgan fingerprint density at radius 2 is 2.12 bits per heavy atom. The number of hydrogen-bond acceptors (Lipinski definition) is 3. The summed E-state index contributed by atoms with van der Waals surface area (Å²) in [5.74, 6) is 2.13. The van der Waals surface area contributed by atoms with Crippen LogP contribution in [0, 0.1) is 11.8 Å². The normalized spacial score (nSPS) is 28.5. The number of alkyl halides is 1. The molecule has 2 nitrogen and oxygen atoms in total. The van der Waals surface area contributed by atoms with E-state index in [0.29, 0.717) is 11.9 Å². The van der Waals surface area contributed by atoms with Crippen molar-refractivity contribution >= 4 is 22.9 Å². The Balaban J connectivity index is 2.05. The second-order valence-electron chi connectivity index (χ2n) is 4.90. The van der Waals surface area contributed by atoms with Gasteiger partial charge in [0.1, 0.15) is 5.01 Å². The van der Waals surface area contributed by atoms with Crippen molar-refractivity contribution in [1.29, 1.82) is 0 Å². The molecule has 0 N–H and O–H groups in total. The third-order valence-corrected chi connectivity index (χ3v) is 4.97. The lowest BCUT2D eigenvalue weighted by atomic mass is 10.0.